The minimum Gasteiger partial charge on any atom is -0.435 e. The molecule has 27 heavy (non-hydrogen) atoms. The summed E-state index contributed by atoms with van der Waals surface area (Å²) in [6.07, 6.45) is 2.14. The zero-order valence-corrected chi connectivity index (χ0v) is 15.4. The predicted octanol–water partition coefficient (Wildman–Crippen LogP) is 5.62. The number of hydrogen-bond donors (Lipinski definition) is 1. The van der Waals surface area contributed by atoms with Crippen molar-refractivity contribution < 1.29 is 18.3 Å². The van der Waals surface area contributed by atoms with Gasteiger partial charge in [-0.1, -0.05) is 37.6 Å². The smallest absolute Gasteiger partial charge is 0.387 e. The topological polar surface area (TPSA) is 51.2 Å². The number of carbonyl (C=O) groups is 1. The molecule has 0 unspecified atom stereocenters. The summed E-state index contributed by atoms with van der Waals surface area (Å²) >= 11 is 1.33. The lowest BCUT2D eigenvalue weighted by Crippen LogP contribution is -2.11. The summed E-state index contributed by atoms with van der Waals surface area (Å²) in [5.74, 6) is -0.359. The number of aryl methyl sites for hydroxylation is 1. The SMILES string of the molecule is CCCc1ccc(-c2csc(NC(=O)c3ccc(OC(F)F)cc3)n2)cc1. The number of hydrogen-bond acceptors (Lipinski definition) is 4. The van der Waals surface area contributed by atoms with E-state index >= 15 is 0 Å². The van der Waals surface area contributed by atoms with E-state index in [1.807, 2.05) is 17.5 Å². The molecule has 3 aromatic rings. The molecule has 4 nitrogen and oxygen atoms in total. The van der Waals surface area contributed by atoms with Crippen LogP contribution in [0.4, 0.5) is 13.9 Å². The summed E-state index contributed by atoms with van der Waals surface area (Å²) < 4.78 is 28.6. The van der Waals surface area contributed by atoms with E-state index in [4.69, 9.17) is 0 Å². The van der Waals surface area contributed by atoms with E-state index in [0.29, 0.717) is 10.7 Å². The third-order valence-electron chi connectivity index (χ3n) is 3.85. The normalized spacial score (nSPS) is 10.8. The molecule has 2 aromatic carbocycles. The zero-order valence-electron chi connectivity index (χ0n) is 14.6. The first-order valence-electron chi connectivity index (χ1n) is 8.46. The van der Waals surface area contributed by atoms with Crippen molar-refractivity contribution in [2.75, 3.05) is 5.32 Å². The number of thiazole rings is 1. The number of benzene rings is 2. The van der Waals surface area contributed by atoms with Crippen molar-refractivity contribution in [1.29, 1.82) is 0 Å². The van der Waals surface area contributed by atoms with Gasteiger partial charge in [-0.25, -0.2) is 4.98 Å². The van der Waals surface area contributed by atoms with Crippen molar-refractivity contribution >= 4 is 22.4 Å². The van der Waals surface area contributed by atoms with Gasteiger partial charge in [-0.3, -0.25) is 10.1 Å². The van der Waals surface area contributed by atoms with Crippen LogP contribution in [0.1, 0.15) is 29.3 Å². The monoisotopic (exact) mass is 388 g/mol. The third-order valence-corrected chi connectivity index (χ3v) is 4.61. The van der Waals surface area contributed by atoms with Crippen LogP contribution in [0.3, 0.4) is 0 Å². The highest BCUT2D eigenvalue weighted by atomic mass is 32.1. The van der Waals surface area contributed by atoms with E-state index in [-0.39, 0.29) is 11.7 Å². The largest absolute Gasteiger partial charge is 0.435 e. The highest BCUT2D eigenvalue weighted by molar-refractivity contribution is 7.14. The Hall–Kier alpha value is -2.80. The molecule has 0 spiro atoms. The van der Waals surface area contributed by atoms with E-state index in [2.05, 4.69) is 34.1 Å². The van der Waals surface area contributed by atoms with Crippen molar-refractivity contribution in [1.82, 2.24) is 4.98 Å². The Morgan fingerprint density at radius 1 is 1.15 bits per heavy atom. The van der Waals surface area contributed by atoms with Gasteiger partial charge in [0.25, 0.3) is 5.91 Å². The van der Waals surface area contributed by atoms with Crippen molar-refractivity contribution in [2.24, 2.45) is 0 Å². The minimum atomic E-state index is -2.89. The van der Waals surface area contributed by atoms with Crippen LogP contribution in [0.25, 0.3) is 11.3 Å². The molecule has 0 saturated carbocycles. The number of rotatable bonds is 7. The molecule has 0 atom stereocenters. The Kier molecular flexibility index (Phi) is 6.13. The second-order valence-electron chi connectivity index (χ2n) is 5.84. The highest BCUT2D eigenvalue weighted by Gasteiger charge is 2.11. The Morgan fingerprint density at radius 2 is 1.85 bits per heavy atom. The number of aromatic nitrogens is 1. The van der Waals surface area contributed by atoms with Gasteiger partial charge < -0.3 is 4.74 Å². The van der Waals surface area contributed by atoms with E-state index in [9.17, 15) is 13.6 Å². The van der Waals surface area contributed by atoms with E-state index < -0.39 is 6.61 Å². The molecule has 7 heteroatoms. The van der Waals surface area contributed by atoms with Gasteiger partial charge in [0.05, 0.1) is 5.69 Å². The number of halogens is 2. The van der Waals surface area contributed by atoms with Gasteiger partial charge in [-0.15, -0.1) is 11.3 Å². The maximum absolute atomic E-state index is 12.3. The van der Waals surface area contributed by atoms with Crippen molar-refractivity contribution in [3.05, 3.63) is 65.0 Å². The summed E-state index contributed by atoms with van der Waals surface area (Å²) in [6, 6.07) is 13.7. The van der Waals surface area contributed by atoms with E-state index in [0.717, 1.165) is 24.1 Å². The molecule has 0 aliphatic rings. The first-order chi connectivity index (χ1) is 13.0. The van der Waals surface area contributed by atoms with Gasteiger partial charge in [0.15, 0.2) is 5.13 Å². The molecular weight excluding hydrogens is 370 g/mol. The van der Waals surface area contributed by atoms with E-state index in [1.165, 1.54) is 41.2 Å². The van der Waals surface area contributed by atoms with Gasteiger partial charge in [0.1, 0.15) is 5.75 Å². The second-order valence-corrected chi connectivity index (χ2v) is 6.70. The van der Waals surface area contributed by atoms with Crippen LogP contribution in [0.5, 0.6) is 5.75 Å². The predicted molar refractivity (Wildman–Crippen MR) is 103 cm³/mol. The molecule has 3 rings (SSSR count). The second kappa shape index (κ2) is 8.73. The molecule has 1 aromatic heterocycles. The summed E-state index contributed by atoms with van der Waals surface area (Å²) in [4.78, 5) is 16.7. The zero-order chi connectivity index (χ0) is 19.2. The third kappa shape index (κ3) is 5.10. The molecule has 0 fully saturated rings. The molecule has 0 aliphatic carbocycles. The number of nitrogens with zero attached hydrogens (tertiary/aromatic N) is 1. The molecule has 1 N–H and O–H groups in total. The fourth-order valence-corrected chi connectivity index (χ4v) is 3.27. The van der Waals surface area contributed by atoms with Gasteiger partial charge >= 0.3 is 6.61 Å². The van der Waals surface area contributed by atoms with Gasteiger partial charge in [-0.2, -0.15) is 8.78 Å². The summed E-state index contributed by atoms with van der Waals surface area (Å²) in [6.45, 7) is -0.752. The summed E-state index contributed by atoms with van der Waals surface area (Å²) in [5, 5.41) is 5.07. The van der Waals surface area contributed by atoms with Gasteiger partial charge in [-0.05, 0) is 36.2 Å². The van der Waals surface area contributed by atoms with Crippen molar-refractivity contribution in [3.8, 4) is 17.0 Å². The maximum atomic E-state index is 12.3. The maximum Gasteiger partial charge on any atom is 0.387 e. The lowest BCUT2D eigenvalue weighted by Gasteiger charge is -2.05. The van der Waals surface area contributed by atoms with Gasteiger partial charge in [0, 0.05) is 16.5 Å². The quantitative estimate of drug-likeness (QED) is 0.572. The standard InChI is InChI=1S/C20H18F2N2O2S/c1-2-3-13-4-6-14(7-5-13)17-12-27-20(23-17)24-18(25)15-8-10-16(11-9-15)26-19(21)22/h4-12,19H,2-3H2,1H3,(H,23,24,25). The fourth-order valence-electron chi connectivity index (χ4n) is 2.55. The van der Waals surface area contributed by atoms with Crippen LogP contribution in [-0.2, 0) is 6.42 Å². The van der Waals surface area contributed by atoms with Crippen molar-refractivity contribution in [2.45, 2.75) is 26.4 Å². The molecular formula is C20H18F2N2O2S. The van der Waals surface area contributed by atoms with Crippen LogP contribution < -0.4 is 10.1 Å². The first-order valence-corrected chi connectivity index (χ1v) is 9.34. The summed E-state index contributed by atoms with van der Waals surface area (Å²) in [7, 11) is 0. The molecule has 1 heterocycles. The summed E-state index contributed by atoms with van der Waals surface area (Å²) in [5.41, 5.74) is 3.39. The van der Waals surface area contributed by atoms with Gasteiger partial charge in [0.2, 0.25) is 0 Å². The Bertz CT molecular complexity index is 893. The van der Waals surface area contributed by atoms with Crippen LogP contribution in [0.15, 0.2) is 53.9 Å². The van der Waals surface area contributed by atoms with Crippen LogP contribution >= 0.6 is 11.3 Å². The highest BCUT2D eigenvalue weighted by Crippen LogP contribution is 2.26. The number of anilines is 1. The Morgan fingerprint density at radius 3 is 2.48 bits per heavy atom. The minimum absolute atomic E-state index is 0.00426. The average molecular weight is 388 g/mol. The van der Waals surface area contributed by atoms with Crippen LogP contribution in [-0.4, -0.2) is 17.5 Å². The molecule has 0 radical (unpaired) electrons. The number of amides is 1. The number of carbonyl (C=O) groups excluding carboxylic acids is 1. The molecule has 0 saturated heterocycles. The number of alkyl halides is 2. The number of nitrogens with one attached hydrogen (secondary N) is 1. The molecule has 140 valence electrons. The Balaban J connectivity index is 1.65. The van der Waals surface area contributed by atoms with E-state index in [1.54, 1.807) is 0 Å². The Labute approximate surface area is 159 Å². The average Bonchev–Trinajstić information content (AvgIpc) is 3.11. The first kappa shape index (κ1) is 19.0. The molecule has 0 aliphatic heterocycles. The fraction of sp³-hybridized carbons (Fsp3) is 0.200. The van der Waals surface area contributed by atoms with Crippen molar-refractivity contribution in [3.63, 3.8) is 0 Å². The van der Waals surface area contributed by atoms with Crippen LogP contribution in [0.2, 0.25) is 0 Å². The van der Waals surface area contributed by atoms with Crippen LogP contribution in [0, 0.1) is 0 Å². The lowest BCUT2D eigenvalue weighted by molar-refractivity contribution is -0.0498. The lowest BCUT2D eigenvalue weighted by atomic mass is 10.1. The number of ether oxygens (including phenoxy) is 1. The molecule has 1 amide bonds. The molecule has 0 bridgehead atoms.